The average molecular weight is 347 g/mol. The topological polar surface area (TPSA) is 87.7 Å². The second kappa shape index (κ2) is 9.05. The molecule has 25 heavy (non-hydrogen) atoms. The van der Waals surface area contributed by atoms with Gasteiger partial charge in [0, 0.05) is 25.3 Å². The first-order chi connectivity index (χ1) is 12.1. The highest BCUT2D eigenvalue weighted by molar-refractivity contribution is 6.00. The summed E-state index contributed by atoms with van der Waals surface area (Å²) in [5.74, 6) is -0.684. The van der Waals surface area contributed by atoms with Crippen LogP contribution in [0.5, 0.6) is 0 Å². The number of rotatable bonds is 7. The zero-order chi connectivity index (χ0) is 18.2. The van der Waals surface area contributed by atoms with Gasteiger partial charge < -0.3 is 20.3 Å². The molecule has 0 aliphatic carbocycles. The first kappa shape index (κ1) is 18.8. The molecule has 0 aromatic heterocycles. The van der Waals surface area contributed by atoms with Crippen LogP contribution in [0.15, 0.2) is 24.3 Å². The maximum atomic E-state index is 12.8. The number of esters is 1. The van der Waals surface area contributed by atoms with E-state index in [-0.39, 0.29) is 30.2 Å². The molecule has 2 amide bonds. The summed E-state index contributed by atoms with van der Waals surface area (Å²) in [6, 6.07) is 7.05. The van der Waals surface area contributed by atoms with E-state index in [0.29, 0.717) is 43.9 Å². The Kier molecular flexibility index (Phi) is 6.80. The molecular formula is C18H25N3O4. The number of amides is 2. The molecule has 1 fully saturated rings. The van der Waals surface area contributed by atoms with E-state index < -0.39 is 0 Å². The van der Waals surface area contributed by atoms with Crippen molar-refractivity contribution in [3.8, 4) is 0 Å². The lowest BCUT2D eigenvalue weighted by Gasteiger charge is -2.19. The number of para-hydroxylation sites is 1. The number of ether oxygens (including phenoxy) is 1. The fourth-order valence-corrected chi connectivity index (χ4v) is 2.85. The van der Waals surface area contributed by atoms with Crippen LogP contribution < -0.4 is 10.6 Å². The van der Waals surface area contributed by atoms with Gasteiger partial charge in [0.05, 0.1) is 18.1 Å². The minimum Gasteiger partial charge on any atom is -0.465 e. The fraction of sp³-hybridized carbons (Fsp3) is 0.500. The van der Waals surface area contributed by atoms with Crippen LogP contribution in [-0.2, 0) is 14.3 Å². The Bertz CT molecular complexity index is 633. The summed E-state index contributed by atoms with van der Waals surface area (Å²) >= 11 is 0. The zero-order valence-electron chi connectivity index (χ0n) is 14.7. The Labute approximate surface area is 147 Å². The van der Waals surface area contributed by atoms with Crippen LogP contribution in [0.25, 0.3) is 0 Å². The number of hydrogen-bond donors (Lipinski definition) is 2. The Morgan fingerprint density at radius 1 is 1.24 bits per heavy atom. The van der Waals surface area contributed by atoms with Crippen molar-refractivity contribution in [1.82, 2.24) is 10.2 Å². The van der Waals surface area contributed by atoms with E-state index in [1.165, 1.54) is 0 Å². The van der Waals surface area contributed by atoms with Gasteiger partial charge in [-0.05, 0) is 32.4 Å². The number of nitrogens with one attached hydrogen (secondary N) is 2. The molecule has 1 aliphatic rings. The van der Waals surface area contributed by atoms with E-state index in [1.807, 2.05) is 6.92 Å². The summed E-state index contributed by atoms with van der Waals surface area (Å²) < 4.78 is 4.89. The van der Waals surface area contributed by atoms with E-state index in [0.717, 1.165) is 0 Å². The summed E-state index contributed by atoms with van der Waals surface area (Å²) in [7, 11) is 0. The van der Waals surface area contributed by atoms with Crippen molar-refractivity contribution in [2.75, 3.05) is 38.1 Å². The van der Waals surface area contributed by atoms with Crippen LogP contribution in [0.4, 0.5) is 5.69 Å². The van der Waals surface area contributed by atoms with Crippen molar-refractivity contribution in [3.63, 3.8) is 0 Å². The molecule has 1 aromatic rings. The average Bonchev–Trinajstić information content (AvgIpc) is 3.10. The van der Waals surface area contributed by atoms with Gasteiger partial charge in [-0.15, -0.1) is 0 Å². The van der Waals surface area contributed by atoms with Gasteiger partial charge in [-0.2, -0.15) is 0 Å². The monoisotopic (exact) mass is 347 g/mol. The number of anilines is 1. The summed E-state index contributed by atoms with van der Waals surface area (Å²) in [4.78, 5) is 37.9. The highest BCUT2D eigenvalue weighted by atomic mass is 16.5. The van der Waals surface area contributed by atoms with Gasteiger partial charge in [-0.1, -0.05) is 12.1 Å². The third kappa shape index (κ3) is 4.95. The molecule has 1 aromatic carbocycles. The molecule has 1 unspecified atom stereocenters. The smallest absolute Gasteiger partial charge is 0.325 e. The number of benzene rings is 1. The Balaban J connectivity index is 2.02. The van der Waals surface area contributed by atoms with Gasteiger partial charge in [-0.3, -0.25) is 14.4 Å². The first-order valence-electron chi connectivity index (χ1n) is 8.62. The Morgan fingerprint density at radius 2 is 2.00 bits per heavy atom. The van der Waals surface area contributed by atoms with E-state index in [1.54, 1.807) is 36.1 Å². The van der Waals surface area contributed by atoms with Crippen molar-refractivity contribution in [1.29, 1.82) is 0 Å². The molecule has 0 saturated carbocycles. The minimum atomic E-state index is -0.373. The number of likely N-dealkylation sites (tertiary alicyclic amines) is 1. The number of hydrogen-bond acceptors (Lipinski definition) is 5. The van der Waals surface area contributed by atoms with Crippen molar-refractivity contribution < 1.29 is 19.1 Å². The van der Waals surface area contributed by atoms with Gasteiger partial charge in [0.25, 0.3) is 5.91 Å². The predicted molar refractivity (Wildman–Crippen MR) is 94.3 cm³/mol. The van der Waals surface area contributed by atoms with Gasteiger partial charge in [0.15, 0.2) is 0 Å². The second-order valence-corrected chi connectivity index (χ2v) is 5.84. The molecule has 7 nitrogen and oxygen atoms in total. The van der Waals surface area contributed by atoms with E-state index in [9.17, 15) is 14.4 Å². The number of nitrogens with zero attached hydrogens (tertiary/aromatic N) is 1. The van der Waals surface area contributed by atoms with Gasteiger partial charge in [-0.25, -0.2) is 0 Å². The summed E-state index contributed by atoms with van der Waals surface area (Å²) in [6.45, 7) is 5.48. The Morgan fingerprint density at radius 3 is 2.72 bits per heavy atom. The van der Waals surface area contributed by atoms with Crippen LogP contribution in [0.3, 0.4) is 0 Å². The molecule has 7 heteroatoms. The van der Waals surface area contributed by atoms with Crippen LogP contribution >= 0.6 is 0 Å². The van der Waals surface area contributed by atoms with E-state index in [2.05, 4.69) is 10.6 Å². The maximum Gasteiger partial charge on any atom is 0.325 e. The third-order valence-corrected chi connectivity index (χ3v) is 4.08. The number of carbonyl (C=O) groups excluding carboxylic acids is 3. The molecule has 0 bridgehead atoms. The highest BCUT2D eigenvalue weighted by Crippen LogP contribution is 2.22. The molecule has 1 heterocycles. The predicted octanol–water partition coefficient (Wildman–Crippen LogP) is 1.26. The summed E-state index contributed by atoms with van der Waals surface area (Å²) in [5.41, 5.74) is 1.07. The maximum absolute atomic E-state index is 12.8. The standard InChI is InChI=1S/C18H25N3O4/c1-3-19-17(23)13-9-10-21(12-13)18(24)14-7-5-6-8-15(14)20-11-16(22)25-4-2/h5-8,13,20H,3-4,9-12H2,1-2H3,(H,19,23). The van der Waals surface area contributed by atoms with Crippen LogP contribution in [0.1, 0.15) is 30.6 Å². The fourth-order valence-electron chi connectivity index (χ4n) is 2.85. The van der Waals surface area contributed by atoms with E-state index >= 15 is 0 Å². The van der Waals surface area contributed by atoms with Gasteiger partial charge in [0.2, 0.25) is 5.91 Å². The Hall–Kier alpha value is -2.57. The minimum absolute atomic E-state index is 0.000333. The van der Waals surface area contributed by atoms with Crippen LogP contribution in [-0.4, -0.2) is 55.5 Å². The molecule has 2 N–H and O–H groups in total. The third-order valence-electron chi connectivity index (χ3n) is 4.08. The molecule has 0 radical (unpaired) electrons. The lowest BCUT2D eigenvalue weighted by Crippen LogP contribution is -2.34. The van der Waals surface area contributed by atoms with Gasteiger partial charge >= 0.3 is 5.97 Å². The van der Waals surface area contributed by atoms with E-state index in [4.69, 9.17) is 4.74 Å². The SMILES string of the molecule is CCNC(=O)C1CCN(C(=O)c2ccccc2NCC(=O)OCC)C1. The summed E-state index contributed by atoms with van der Waals surface area (Å²) in [6.07, 6.45) is 0.663. The molecule has 2 rings (SSSR count). The summed E-state index contributed by atoms with van der Waals surface area (Å²) in [5, 5.41) is 5.76. The second-order valence-electron chi connectivity index (χ2n) is 5.84. The largest absolute Gasteiger partial charge is 0.465 e. The quantitative estimate of drug-likeness (QED) is 0.725. The van der Waals surface area contributed by atoms with Crippen molar-refractivity contribution in [3.05, 3.63) is 29.8 Å². The van der Waals surface area contributed by atoms with Crippen molar-refractivity contribution in [2.45, 2.75) is 20.3 Å². The lowest BCUT2D eigenvalue weighted by molar-refractivity contribution is -0.140. The molecule has 1 aliphatic heterocycles. The molecule has 1 saturated heterocycles. The normalized spacial score (nSPS) is 16.4. The van der Waals surface area contributed by atoms with Gasteiger partial charge in [0.1, 0.15) is 6.54 Å². The highest BCUT2D eigenvalue weighted by Gasteiger charge is 2.31. The van der Waals surface area contributed by atoms with Crippen LogP contribution in [0.2, 0.25) is 0 Å². The lowest BCUT2D eigenvalue weighted by atomic mass is 10.1. The molecular weight excluding hydrogens is 322 g/mol. The van der Waals surface area contributed by atoms with Crippen molar-refractivity contribution >= 4 is 23.5 Å². The van der Waals surface area contributed by atoms with Crippen LogP contribution in [0, 0.1) is 5.92 Å². The van der Waals surface area contributed by atoms with Crippen molar-refractivity contribution in [2.24, 2.45) is 5.92 Å². The molecule has 136 valence electrons. The number of carbonyl (C=O) groups is 3. The first-order valence-corrected chi connectivity index (χ1v) is 8.62. The zero-order valence-corrected chi connectivity index (χ0v) is 14.7. The molecule has 0 spiro atoms. The molecule has 1 atom stereocenters.